The molecule has 1 unspecified atom stereocenters. The van der Waals surface area contributed by atoms with E-state index in [4.69, 9.17) is 10.1 Å². The minimum absolute atomic E-state index is 0.223. The van der Waals surface area contributed by atoms with Gasteiger partial charge in [-0.15, -0.1) is 0 Å². The van der Waals surface area contributed by atoms with Gasteiger partial charge in [-0.1, -0.05) is 0 Å². The maximum absolute atomic E-state index is 4.74. The molecule has 148 valence electrons. The van der Waals surface area contributed by atoms with Gasteiger partial charge in [-0.25, -0.2) is 9.50 Å². The van der Waals surface area contributed by atoms with Crippen molar-refractivity contribution in [1.82, 2.24) is 24.6 Å². The maximum Gasteiger partial charge on any atom is 0.177 e. The van der Waals surface area contributed by atoms with E-state index < -0.39 is 0 Å². The molecule has 0 radical (unpaired) electrons. The Balaban J connectivity index is 1.47. The molecule has 1 aliphatic rings. The normalized spacial score (nSPS) is 18.4. The van der Waals surface area contributed by atoms with E-state index in [2.05, 4.69) is 53.2 Å². The van der Waals surface area contributed by atoms with E-state index in [0.717, 1.165) is 46.9 Å². The zero-order valence-electron chi connectivity index (χ0n) is 17.5. The smallest absolute Gasteiger partial charge is 0.177 e. The van der Waals surface area contributed by atoms with Gasteiger partial charge in [0, 0.05) is 31.2 Å². The number of fused-ring (bicyclic) bond motifs is 4. The van der Waals surface area contributed by atoms with Crippen molar-refractivity contribution < 1.29 is 0 Å². The Labute approximate surface area is 169 Å². The molecule has 1 aliphatic heterocycles. The van der Waals surface area contributed by atoms with Crippen molar-refractivity contribution in [1.29, 1.82) is 0 Å². The Morgan fingerprint density at radius 3 is 2.79 bits per heavy atom. The van der Waals surface area contributed by atoms with E-state index in [9.17, 15) is 0 Å². The summed E-state index contributed by atoms with van der Waals surface area (Å²) in [5, 5.41) is 9.65. The quantitative estimate of drug-likeness (QED) is 0.576. The predicted molar refractivity (Wildman–Crippen MR) is 115 cm³/mol. The third kappa shape index (κ3) is 2.64. The van der Waals surface area contributed by atoms with Gasteiger partial charge in [0.15, 0.2) is 11.5 Å². The fourth-order valence-corrected chi connectivity index (χ4v) is 4.25. The first kappa shape index (κ1) is 17.8. The molecule has 4 heterocycles. The van der Waals surface area contributed by atoms with Gasteiger partial charge >= 0.3 is 0 Å². The predicted octanol–water partition coefficient (Wildman–Crippen LogP) is 3.81. The molecule has 0 aliphatic carbocycles. The largest absolute Gasteiger partial charge is 0.361 e. The summed E-state index contributed by atoms with van der Waals surface area (Å²) in [5.74, 6) is 0.847. The lowest BCUT2D eigenvalue weighted by atomic mass is 10.1. The summed E-state index contributed by atoms with van der Waals surface area (Å²) < 4.78 is 1.89. The zero-order chi connectivity index (χ0) is 20.3. The number of hydrogen-bond acceptors (Lipinski definition) is 6. The highest BCUT2D eigenvalue weighted by atomic mass is 15.4. The molecule has 29 heavy (non-hydrogen) atoms. The zero-order valence-corrected chi connectivity index (χ0v) is 17.5. The highest BCUT2D eigenvalue weighted by Gasteiger charge is 2.38. The van der Waals surface area contributed by atoms with Crippen LogP contribution in [0, 0.1) is 20.8 Å². The molecule has 7 nitrogen and oxygen atoms in total. The fraction of sp³-hybridized carbons (Fsp3) is 0.364. The molecule has 0 amide bonds. The molecular formula is C22H25N7. The van der Waals surface area contributed by atoms with Crippen LogP contribution in [0.1, 0.15) is 36.1 Å². The summed E-state index contributed by atoms with van der Waals surface area (Å²) in [6.07, 6.45) is 5.35. The second-order valence-electron chi connectivity index (χ2n) is 8.19. The van der Waals surface area contributed by atoms with Crippen LogP contribution in [0.3, 0.4) is 0 Å². The molecular weight excluding hydrogens is 362 g/mol. The van der Waals surface area contributed by atoms with Gasteiger partial charge in [0.2, 0.25) is 0 Å². The standard InChI is InChI=1S/C22H25N7/c1-13-11-17-20(16-7-6-10-23-19(13)16)26-22(4,28(17)5)9-8-18-25-21-15(3)24-12-14(2)29(21)27-18/h6-7,10-12,26H,8-9H2,1-5H3. The van der Waals surface area contributed by atoms with Crippen molar-refractivity contribution in [2.75, 3.05) is 17.3 Å². The number of hydrogen-bond donors (Lipinski definition) is 1. The van der Waals surface area contributed by atoms with Crippen molar-refractivity contribution >= 4 is 27.9 Å². The highest BCUT2D eigenvalue weighted by Crippen LogP contribution is 2.45. The minimum Gasteiger partial charge on any atom is -0.361 e. The van der Waals surface area contributed by atoms with Gasteiger partial charge in [-0.2, -0.15) is 5.10 Å². The van der Waals surface area contributed by atoms with Crippen molar-refractivity contribution in [3.63, 3.8) is 0 Å². The fourth-order valence-electron chi connectivity index (χ4n) is 4.25. The Bertz CT molecular complexity index is 1220. The Morgan fingerprint density at radius 2 is 2.00 bits per heavy atom. The number of pyridine rings is 1. The molecule has 0 saturated carbocycles. The van der Waals surface area contributed by atoms with Crippen LogP contribution in [0.2, 0.25) is 0 Å². The summed E-state index contributed by atoms with van der Waals surface area (Å²) in [4.78, 5) is 16.0. The average Bonchev–Trinajstić information content (AvgIpc) is 3.26. The maximum atomic E-state index is 4.74. The lowest BCUT2D eigenvalue weighted by Gasteiger charge is -2.34. The number of nitrogens with one attached hydrogen (secondary N) is 1. The van der Waals surface area contributed by atoms with E-state index in [0.29, 0.717) is 0 Å². The molecule has 1 atom stereocenters. The average molecular weight is 387 g/mol. The molecule has 0 fully saturated rings. The van der Waals surface area contributed by atoms with Crippen LogP contribution in [0.25, 0.3) is 16.6 Å². The SMILES string of the molecule is Cc1cc2c(c3cccnc13)NC(C)(CCc1nc3c(C)ncc(C)n3n1)N2C. The highest BCUT2D eigenvalue weighted by molar-refractivity contribution is 6.02. The molecule has 4 aromatic rings. The summed E-state index contributed by atoms with van der Waals surface area (Å²) >= 11 is 0. The third-order valence-corrected chi connectivity index (χ3v) is 6.15. The molecule has 5 rings (SSSR count). The number of benzene rings is 1. The van der Waals surface area contributed by atoms with E-state index in [-0.39, 0.29) is 5.66 Å². The number of aromatic nitrogens is 5. The minimum atomic E-state index is -0.223. The van der Waals surface area contributed by atoms with E-state index in [1.807, 2.05) is 36.8 Å². The second kappa shape index (κ2) is 6.14. The van der Waals surface area contributed by atoms with E-state index >= 15 is 0 Å². The van der Waals surface area contributed by atoms with Crippen molar-refractivity contribution in [2.24, 2.45) is 0 Å². The van der Waals surface area contributed by atoms with Crippen LogP contribution in [-0.4, -0.2) is 37.3 Å². The molecule has 7 heteroatoms. The summed E-state index contributed by atoms with van der Waals surface area (Å²) in [6, 6.07) is 6.37. The Morgan fingerprint density at radius 1 is 1.17 bits per heavy atom. The molecule has 1 aromatic carbocycles. The Hall–Kier alpha value is -3.22. The lowest BCUT2D eigenvalue weighted by Crippen LogP contribution is -2.46. The molecule has 3 aromatic heterocycles. The first-order valence-electron chi connectivity index (χ1n) is 9.95. The molecule has 0 bridgehead atoms. The van der Waals surface area contributed by atoms with Crippen LogP contribution in [-0.2, 0) is 6.42 Å². The number of rotatable bonds is 3. The van der Waals surface area contributed by atoms with Gasteiger partial charge in [0.1, 0.15) is 5.66 Å². The second-order valence-corrected chi connectivity index (χ2v) is 8.19. The van der Waals surface area contributed by atoms with Gasteiger partial charge in [0.25, 0.3) is 0 Å². The van der Waals surface area contributed by atoms with Crippen LogP contribution in [0.4, 0.5) is 11.4 Å². The number of nitrogens with zero attached hydrogens (tertiary/aromatic N) is 6. The molecule has 0 saturated heterocycles. The van der Waals surface area contributed by atoms with E-state index in [1.165, 1.54) is 16.6 Å². The van der Waals surface area contributed by atoms with Crippen LogP contribution < -0.4 is 10.2 Å². The van der Waals surface area contributed by atoms with Crippen LogP contribution in [0.5, 0.6) is 0 Å². The summed E-state index contributed by atoms with van der Waals surface area (Å²) in [7, 11) is 2.15. The van der Waals surface area contributed by atoms with Gasteiger partial charge < -0.3 is 10.2 Å². The van der Waals surface area contributed by atoms with Crippen molar-refractivity contribution in [3.05, 3.63) is 53.4 Å². The van der Waals surface area contributed by atoms with Crippen molar-refractivity contribution in [2.45, 2.75) is 46.2 Å². The third-order valence-electron chi connectivity index (χ3n) is 6.15. The monoisotopic (exact) mass is 387 g/mol. The topological polar surface area (TPSA) is 71.2 Å². The Kier molecular flexibility index (Phi) is 3.78. The summed E-state index contributed by atoms with van der Waals surface area (Å²) in [5.41, 5.74) is 7.13. The molecule has 0 spiro atoms. The number of anilines is 2. The van der Waals surface area contributed by atoms with Crippen molar-refractivity contribution in [3.8, 4) is 0 Å². The number of aryl methyl sites for hydroxylation is 4. The van der Waals surface area contributed by atoms with Gasteiger partial charge in [-0.3, -0.25) is 9.97 Å². The lowest BCUT2D eigenvalue weighted by molar-refractivity contribution is 0.475. The first-order valence-corrected chi connectivity index (χ1v) is 9.95. The van der Waals surface area contributed by atoms with Gasteiger partial charge in [-0.05, 0) is 57.9 Å². The van der Waals surface area contributed by atoms with Crippen LogP contribution in [0.15, 0.2) is 30.6 Å². The van der Waals surface area contributed by atoms with Gasteiger partial charge in [0.05, 0.1) is 28.3 Å². The molecule has 1 N–H and O–H groups in total. The first-order chi connectivity index (χ1) is 13.9. The summed E-state index contributed by atoms with van der Waals surface area (Å²) in [6.45, 7) is 8.33. The van der Waals surface area contributed by atoms with E-state index in [1.54, 1.807) is 0 Å². The van der Waals surface area contributed by atoms with Crippen LogP contribution >= 0.6 is 0 Å².